The lowest BCUT2D eigenvalue weighted by atomic mass is 10.1. The first-order valence-corrected chi connectivity index (χ1v) is 9.17. The van der Waals surface area contributed by atoms with Crippen molar-refractivity contribution in [2.45, 2.75) is 12.3 Å². The fourth-order valence-electron chi connectivity index (χ4n) is 1.66. The highest BCUT2D eigenvalue weighted by Gasteiger charge is 2.19. The van der Waals surface area contributed by atoms with Gasteiger partial charge in [-0.3, -0.25) is 0 Å². The molecule has 2 aromatic rings. The van der Waals surface area contributed by atoms with Crippen LogP contribution in [0.15, 0.2) is 36.3 Å². The minimum atomic E-state index is -0.207. The van der Waals surface area contributed by atoms with E-state index < -0.39 is 0 Å². The summed E-state index contributed by atoms with van der Waals surface area (Å²) in [7, 11) is 0. The lowest BCUT2D eigenvalue weighted by Gasteiger charge is -2.13. The monoisotopic (exact) mass is 486 g/mol. The lowest BCUT2D eigenvalue weighted by Crippen LogP contribution is -1.96. The maximum absolute atomic E-state index is 6.57. The molecule has 0 aliphatic heterocycles. The molecule has 0 N–H and O–H groups in total. The summed E-state index contributed by atoms with van der Waals surface area (Å²) in [5.41, 5.74) is 2.08. The van der Waals surface area contributed by atoms with Crippen LogP contribution < -0.4 is 4.74 Å². The zero-order valence-corrected chi connectivity index (χ0v) is 16.3. The minimum absolute atomic E-state index is 0.207. The fraction of sp³-hybridized carbons (Fsp3) is 0.231. The topological polar surface area (TPSA) is 9.23 Å². The van der Waals surface area contributed by atoms with Crippen molar-refractivity contribution in [1.29, 1.82) is 0 Å². The average Bonchev–Trinajstić information content (AvgIpc) is 2.68. The second-order valence-electron chi connectivity index (χ2n) is 3.76. The quantitative estimate of drug-likeness (QED) is 0.431. The number of thiophene rings is 1. The molecular weight excluding hydrogens is 479 g/mol. The van der Waals surface area contributed by atoms with Gasteiger partial charge >= 0.3 is 0 Å². The van der Waals surface area contributed by atoms with Gasteiger partial charge in [0.25, 0.3) is 0 Å². The molecule has 0 radical (unpaired) electrons. The summed E-state index contributed by atoms with van der Waals surface area (Å²) in [5.74, 6) is 0.840. The van der Waals surface area contributed by atoms with Crippen LogP contribution in [0.1, 0.15) is 23.4 Å². The lowest BCUT2D eigenvalue weighted by molar-refractivity contribution is 0.340. The number of halogens is 4. The van der Waals surface area contributed by atoms with Crippen LogP contribution in [-0.2, 0) is 0 Å². The highest BCUT2D eigenvalue weighted by molar-refractivity contribution is 9.12. The van der Waals surface area contributed by atoms with E-state index in [0.717, 1.165) is 28.9 Å². The Morgan fingerprint density at radius 1 is 1.21 bits per heavy atom. The standard InChI is InChI=1S/C13H10Br3ClOS/c1-2-18-7-3-4-8(10(14)5-7)12(17)9-6-11(15)19-13(9)16/h3-6,12H,2H2,1H3. The number of rotatable bonds is 4. The second kappa shape index (κ2) is 6.94. The molecule has 2 rings (SSSR count). The van der Waals surface area contributed by atoms with Crippen LogP contribution in [-0.4, -0.2) is 6.61 Å². The molecule has 1 unspecified atom stereocenters. The first-order chi connectivity index (χ1) is 9.02. The Morgan fingerprint density at radius 3 is 2.47 bits per heavy atom. The van der Waals surface area contributed by atoms with E-state index in [1.807, 2.05) is 31.2 Å². The van der Waals surface area contributed by atoms with E-state index in [1.54, 1.807) is 11.3 Å². The molecule has 19 heavy (non-hydrogen) atoms. The van der Waals surface area contributed by atoms with E-state index in [0.29, 0.717) is 6.61 Å². The van der Waals surface area contributed by atoms with Gasteiger partial charge in [-0.05, 0) is 62.5 Å². The van der Waals surface area contributed by atoms with Gasteiger partial charge in [-0.1, -0.05) is 22.0 Å². The minimum Gasteiger partial charge on any atom is -0.494 e. The molecule has 6 heteroatoms. The molecule has 1 heterocycles. The van der Waals surface area contributed by atoms with Gasteiger partial charge in [0.2, 0.25) is 0 Å². The third kappa shape index (κ3) is 3.76. The Labute approximate surface area is 146 Å². The third-order valence-corrected chi connectivity index (χ3v) is 6.05. The smallest absolute Gasteiger partial charge is 0.120 e. The van der Waals surface area contributed by atoms with E-state index >= 15 is 0 Å². The normalized spacial score (nSPS) is 12.5. The largest absolute Gasteiger partial charge is 0.494 e. The molecule has 102 valence electrons. The molecule has 0 amide bonds. The summed E-state index contributed by atoms with van der Waals surface area (Å²) in [6, 6.07) is 7.91. The van der Waals surface area contributed by atoms with Crippen molar-refractivity contribution in [3.63, 3.8) is 0 Å². The predicted octanol–water partition coefficient (Wildman–Crippen LogP) is 6.76. The SMILES string of the molecule is CCOc1ccc(C(Cl)c2cc(Br)sc2Br)c(Br)c1. The van der Waals surface area contributed by atoms with Gasteiger partial charge in [-0.25, -0.2) is 0 Å². The summed E-state index contributed by atoms with van der Waals surface area (Å²) in [6.07, 6.45) is 0. The number of benzene rings is 1. The number of alkyl halides is 1. The Bertz CT molecular complexity index is 585. The maximum atomic E-state index is 6.57. The Kier molecular flexibility index (Phi) is 5.78. The van der Waals surface area contributed by atoms with Gasteiger partial charge in [0.1, 0.15) is 5.75 Å². The molecule has 0 spiro atoms. The summed E-state index contributed by atoms with van der Waals surface area (Å²) < 4.78 is 8.52. The molecule has 0 saturated heterocycles. The maximum Gasteiger partial charge on any atom is 0.120 e. The summed E-state index contributed by atoms with van der Waals surface area (Å²) in [6.45, 7) is 2.62. The second-order valence-corrected chi connectivity index (χ2v) is 8.80. The Morgan fingerprint density at radius 2 is 1.95 bits per heavy atom. The molecule has 0 saturated carbocycles. The number of ether oxygens (including phenoxy) is 1. The molecular formula is C13H10Br3ClOS. The summed E-state index contributed by atoms with van der Waals surface area (Å²) in [4.78, 5) is 0. The number of hydrogen-bond acceptors (Lipinski definition) is 2. The van der Waals surface area contributed by atoms with Crippen LogP contribution >= 0.6 is 70.7 Å². The molecule has 1 aromatic carbocycles. The van der Waals surface area contributed by atoms with E-state index in [-0.39, 0.29) is 5.38 Å². The van der Waals surface area contributed by atoms with E-state index in [9.17, 15) is 0 Å². The molecule has 1 nitrogen and oxygen atoms in total. The summed E-state index contributed by atoms with van der Waals surface area (Å²) in [5, 5.41) is -0.207. The molecule has 0 aliphatic rings. The van der Waals surface area contributed by atoms with Crippen LogP contribution in [0.5, 0.6) is 5.75 Å². The highest BCUT2D eigenvalue weighted by Crippen LogP contribution is 2.43. The van der Waals surface area contributed by atoms with E-state index in [1.165, 1.54) is 0 Å². The average molecular weight is 489 g/mol. The molecule has 1 aromatic heterocycles. The predicted molar refractivity (Wildman–Crippen MR) is 92.7 cm³/mol. The highest BCUT2D eigenvalue weighted by atomic mass is 79.9. The van der Waals surface area contributed by atoms with Crippen LogP contribution in [0.2, 0.25) is 0 Å². The van der Waals surface area contributed by atoms with Crippen LogP contribution in [0.4, 0.5) is 0 Å². The van der Waals surface area contributed by atoms with Crippen LogP contribution in [0.25, 0.3) is 0 Å². The Balaban J connectivity index is 2.33. The van der Waals surface area contributed by atoms with Gasteiger partial charge in [-0.15, -0.1) is 22.9 Å². The Hall–Kier alpha value is 0.450. The zero-order valence-electron chi connectivity index (χ0n) is 9.92. The fourth-order valence-corrected chi connectivity index (χ4v) is 5.84. The van der Waals surface area contributed by atoms with Gasteiger partial charge in [0, 0.05) is 10.0 Å². The van der Waals surface area contributed by atoms with E-state index in [2.05, 4.69) is 47.8 Å². The number of hydrogen-bond donors (Lipinski definition) is 0. The van der Waals surface area contributed by atoms with Crippen molar-refractivity contribution in [2.75, 3.05) is 6.61 Å². The van der Waals surface area contributed by atoms with Gasteiger partial charge in [0.15, 0.2) is 0 Å². The first kappa shape index (κ1) is 15.8. The van der Waals surface area contributed by atoms with Crippen LogP contribution in [0, 0.1) is 0 Å². The molecule has 1 atom stereocenters. The molecule has 0 aliphatic carbocycles. The van der Waals surface area contributed by atoms with Crippen molar-refractivity contribution in [1.82, 2.24) is 0 Å². The van der Waals surface area contributed by atoms with Gasteiger partial charge in [0.05, 0.1) is 19.6 Å². The molecule has 0 fully saturated rings. The van der Waals surface area contributed by atoms with Crippen molar-refractivity contribution < 1.29 is 4.74 Å². The van der Waals surface area contributed by atoms with E-state index in [4.69, 9.17) is 16.3 Å². The van der Waals surface area contributed by atoms with Crippen molar-refractivity contribution in [3.05, 3.63) is 47.4 Å². The van der Waals surface area contributed by atoms with Gasteiger partial charge < -0.3 is 4.74 Å². The van der Waals surface area contributed by atoms with Crippen molar-refractivity contribution in [2.24, 2.45) is 0 Å². The third-order valence-electron chi connectivity index (χ3n) is 2.51. The van der Waals surface area contributed by atoms with Crippen molar-refractivity contribution in [3.8, 4) is 5.75 Å². The first-order valence-electron chi connectivity index (χ1n) is 5.54. The van der Waals surface area contributed by atoms with Gasteiger partial charge in [-0.2, -0.15) is 0 Å². The molecule has 0 bridgehead atoms. The van der Waals surface area contributed by atoms with Crippen LogP contribution in [0.3, 0.4) is 0 Å². The zero-order chi connectivity index (χ0) is 14.0. The summed E-state index contributed by atoms with van der Waals surface area (Å²) >= 11 is 18.8. The van der Waals surface area contributed by atoms with Crippen molar-refractivity contribution >= 4 is 70.7 Å².